The van der Waals surface area contributed by atoms with Crippen LogP contribution in [-0.4, -0.2) is 118 Å². The van der Waals surface area contributed by atoms with E-state index in [1.165, 1.54) is 4.90 Å². The fraction of sp³-hybridized carbons (Fsp3) is 0.472. The van der Waals surface area contributed by atoms with Crippen molar-refractivity contribution in [1.29, 1.82) is 0 Å². The molecule has 0 spiro atoms. The fourth-order valence-electron chi connectivity index (χ4n) is 7.76. The minimum absolute atomic E-state index is 0.0444. The van der Waals surface area contributed by atoms with Gasteiger partial charge in [0.2, 0.25) is 11.8 Å². The summed E-state index contributed by atoms with van der Waals surface area (Å²) in [4.78, 5) is 65.0. The summed E-state index contributed by atoms with van der Waals surface area (Å²) < 4.78 is 0. The van der Waals surface area contributed by atoms with Gasteiger partial charge in [0.05, 0.1) is 11.7 Å². The number of carbonyl (C=O) groups is 3. The average molecular weight is 653 g/mol. The Kier molecular flexibility index (Phi) is 9.02. The number of aromatic amines is 2. The molecule has 0 bridgehead atoms. The number of piperidine rings is 2. The lowest BCUT2D eigenvalue weighted by Gasteiger charge is -2.43. The van der Waals surface area contributed by atoms with Crippen LogP contribution < -0.4 is 10.9 Å². The van der Waals surface area contributed by atoms with Gasteiger partial charge in [0.25, 0.3) is 5.56 Å². The van der Waals surface area contributed by atoms with Crippen LogP contribution in [0.5, 0.6) is 0 Å². The number of para-hydroxylation sites is 1. The van der Waals surface area contributed by atoms with Crippen molar-refractivity contribution in [3.05, 3.63) is 75.7 Å². The molecule has 1 unspecified atom stereocenters. The molecule has 3 saturated heterocycles. The van der Waals surface area contributed by atoms with Crippen molar-refractivity contribution in [2.45, 2.75) is 57.0 Å². The van der Waals surface area contributed by atoms with Gasteiger partial charge in [-0.15, -0.1) is 0 Å². The van der Waals surface area contributed by atoms with E-state index in [9.17, 15) is 19.2 Å². The summed E-state index contributed by atoms with van der Waals surface area (Å²) in [6.07, 6.45) is 4.83. The molecule has 2 atom stereocenters. The summed E-state index contributed by atoms with van der Waals surface area (Å²) in [5.74, 6) is -0.788. The number of carbonyl (C=O) groups excluding carboxylic acids is 3. The highest BCUT2D eigenvalue weighted by Crippen LogP contribution is 2.29. The van der Waals surface area contributed by atoms with Crippen molar-refractivity contribution in [2.24, 2.45) is 0 Å². The summed E-state index contributed by atoms with van der Waals surface area (Å²) in [6.45, 7) is 7.15. The molecule has 7 rings (SSSR count). The van der Waals surface area contributed by atoms with Crippen LogP contribution in [0.4, 0.5) is 4.79 Å². The first-order valence-corrected chi connectivity index (χ1v) is 17.1. The van der Waals surface area contributed by atoms with Crippen LogP contribution in [0.15, 0.2) is 53.5 Å². The summed E-state index contributed by atoms with van der Waals surface area (Å²) in [7, 11) is 2.16. The molecular weight excluding hydrogens is 608 g/mol. The van der Waals surface area contributed by atoms with Crippen LogP contribution in [0.2, 0.25) is 0 Å². The van der Waals surface area contributed by atoms with Crippen LogP contribution in [-0.2, 0) is 16.0 Å². The lowest BCUT2D eigenvalue weighted by atomic mass is 9.89. The first-order valence-electron chi connectivity index (χ1n) is 17.1. The highest BCUT2D eigenvalue weighted by Gasteiger charge is 2.36. The number of aryl methyl sites for hydroxylation is 1. The maximum atomic E-state index is 14.1. The number of hydrogen-bond donors (Lipinski definition) is 3. The summed E-state index contributed by atoms with van der Waals surface area (Å²) in [6, 6.07) is 12.5. The Morgan fingerprint density at radius 2 is 1.73 bits per heavy atom. The second-order valence-electron chi connectivity index (χ2n) is 13.7. The van der Waals surface area contributed by atoms with E-state index in [0.29, 0.717) is 37.5 Å². The van der Waals surface area contributed by atoms with Crippen molar-refractivity contribution in [3.63, 3.8) is 0 Å². The topological polar surface area (TPSA) is 138 Å². The second kappa shape index (κ2) is 13.5. The van der Waals surface area contributed by atoms with E-state index in [1.807, 2.05) is 54.3 Å². The van der Waals surface area contributed by atoms with Gasteiger partial charge in [-0.1, -0.05) is 24.3 Å². The van der Waals surface area contributed by atoms with E-state index in [1.54, 1.807) is 6.20 Å². The van der Waals surface area contributed by atoms with Crippen molar-refractivity contribution in [3.8, 4) is 0 Å². The molecule has 48 heavy (non-hydrogen) atoms. The van der Waals surface area contributed by atoms with E-state index in [2.05, 4.69) is 37.3 Å². The van der Waals surface area contributed by atoms with Crippen LogP contribution in [0, 0.1) is 6.92 Å². The van der Waals surface area contributed by atoms with Gasteiger partial charge in [-0.25, -0.2) is 4.79 Å². The summed E-state index contributed by atoms with van der Waals surface area (Å²) in [5, 5.41) is 12.0. The number of hydrogen-bond acceptors (Lipinski definition) is 7. The number of imide groups is 1. The molecule has 2 aromatic heterocycles. The molecule has 3 aliphatic heterocycles. The van der Waals surface area contributed by atoms with Gasteiger partial charge in [0.1, 0.15) is 6.04 Å². The normalized spacial score (nSPS) is 20.8. The largest absolute Gasteiger partial charge is 0.338 e. The third kappa shape index (κ3) is 6.59. The van der Waals surface area contributed by atoms with Crippen LogP contribution in [0.3, 0.4) is 0 Å². The minimum atomic E-state index is -0.843. The first kappa shape index (κ1) is 32.0. The van der Waals surface area contributed by atoms with Gasteiger partial charge in [0, 0.05) is 68.1 Å². The standard InChI is InChI=1S/C36H44N8O4/c1-23-17-24(18-27-22-37-40-33(23)27)19-31(35(47)43-15-13-42(14-16-43)28-8-10-41(2)11-9-28)39-36(48)44-12-7-25(21-32(44)45)29-20-26-5-3-4-6-30(26)38-34(29)46/h3-6,17-18,20,22,25,28,31H,7-16,19,21H2,1-2H3,(H,37,40)(H,38,46)(H,39,48)/t25?,31-/m0/s1. The third-order valence-electron chi connectivity index (χ3n) is 10.6. The highest BCUT2D eigenvalue weighted by molar-refractivity contribution is 5.97. The van der Waals surface area contributed by atoms with Crippen molar-refractivity contribution >= 4 is 39.7 Å². The lowest BCUT2D eigenvalue weighted by molar-refractivity contribution is -0.136. The average Bonchev–Trinajstić information content (AvgIpc) is 3.57. The zero-order valence-electron chi connectivity index (χ0n) is 27.7. The van der Waals surface area contributed by atoms with Crippen LogP contribution in [0.25, 0.3) is 21.8 Å². The molecule has 4 amide bonds. The van der Waals surface area contributed by atoms with E-state index in [0.717, 1.165) is 72.0 Å². The summed E-state index contributed by atoms with van der Waals surface area (Å²) >= 11 is 0. The quantitative estimate of drug-likeness (QED) is 0.291. The number of benzene rings is 2. The molecule has 3 aliphatic rings. The Morgan fingerprint density at radius 3 is 2.50 bits per heavy atom. The Morgan fingerprint density at radius 1 is 0.958 bits per heavy atom. The van der Waals surface area contributed by atoms with Gasteiger partial charge < -0.3 is 20.1 Å². The predicted molar refractivity (Wildman–Crippen MR) is 184 cm³/mol. The molecule has 0 saturated carbocycles. The van der Waals surface area contributed by atoms with E-state index in [4.69, 9.17) is 0 Å². The minimum Gasteiger partial charge on any atom is -0.338 e. The number of H-pyrrole nitrogens is 2. The number of aromatic nitrogens is 3. The van der Waals surface area contributed by atoms with E-state index >= 15 is 0 Å². The molecule has 0 radical (unpaired) electrons. The number of nitrogens with one attached hydrogen (secondary N) is 3. The smallest absolute Gasteiger partial charge is 0.324 e. The summed E-state index contributed by atoms with van der Waals surface area (Å²) in [5.41, 5.74) is 3.94. The second-order valence-corrected chi connectivity index (χ2v) is 13.7. The Bertz CT molecular complexity index is 1890. The molecule has 0 aliphatic carbocycles. The third-order valence-corrected chi connectivity index (χ3v) is 10.6. The fourth-order valence-corrected chi connectivity index (χ4v) is 7.76. The van der Waals surface area contributed by atoms with Gasteiger partial charge in [-0.2, -0.15) is 5.10 Å². The Balaban J connectivity index is 1.05. The Labute approximate surface area is 279 Å². The van der Waals surface area contributed by atoms with Crippen LogP contribution in [0.1, 0.15) is 48.3 Å². The number of rotatable bonds is 6. The Hall–Kier alpha value is -4.55. The number of urea groups is 1. The predicted octanol–water partition coefficient (Wildman–Crippen LogP) is 2.98. The van der Waals surface area contributed by atoms with Gasteiger partial charge >= 0.3 is 6.03 Å². The maximum Gasteiger partial charge on any atom is 0.324 e. The number of nitrogens with zero attached hydrogens (tertiary/aromatic N) is 5. The van der Waals surface area contributed by atoms with Gasteiger partial charge in [0.15, 0.2) is 0 Å². The molecule has 2 aromatic carbocycles. The monoisotopic (exact) mass is 652 g/mol. The SMILES string of the molecule is Cc1cc(C[C@H](NC(=O)N2CCC(c3cc4ccccc4[nH]c3=O)CC2=O)C(=O)N2CCN(C3CCN(C)CC3)CC2)cc2cn[nH]c12. The number of pyridine rings is 1. The first-order chi connectivity index (χ1) is 23.2. The van der Waals surface area contributed by atoms with Crippen molar-refractivity contribution < 1.29 is 14.4 Å². The van der Waals surface area contributed by atoms with Gasteiger partial charge in [-0.05, 0) is 87.0 Å². The van der Waals surface area contributed by atoms with Crippen molar-refractivity contribution in [1.82, 2.24) is 40.1 Å². The molecule has 5 heterocycles. The van der Waals surface area contributed by atoms with Crippen molar-refractivity contribution in [2.75, 3.05) is 52.9 Å². The van der Waals surface area contributed by atoms with Crippen LogP contribution >= 0.6 is 0 Å². The maximum absolute atomic E-state index is 14.1. The number of likely N-dealkylation sites (tertiary alicyclic amines) is 2. The zero-order valence-corrected chi connectivity index (χ0v) is 27.7. The molecule has 3 N–H and O–H groups in total. The zero-order chi connectivity index (χ0) is 33.4. The molecule has 252 valence electrons. The molecular formula is C36H44N8O4. The molecule has 12 nitrogen and oxygen atoms in total. The number of fused-ring (bicyclic) bond motifs is 2. The number of piperazine rings is 1. The molecule has 3 fully saturated rings. The lowest BCUT2D eigenvalue weighted by Crippen LogP contribution is -2.59. The van der Waals surface area contributed by atoms with Gasteiger partial charge in [-0.3, -0.25) is 29.3 Å². The van der Waals surface area contributed by atoms with E-state index < -0.39 is 12.1 Å². The molecule has 12 heteroatoms. The van der Waals surface area contributed by atoms with E-state index in [-0.39, 0.29) is 36.3 Å². The highest BCUT2D eigenvalue weighted by atomic mass is 16.2. The molecule has 4 aromatic rings. The number of amides is 4.